The summed E-state index contributed by atoms with van der Waals surface area (Å²) in [6.07, 6.45) is 0. The first-order chi connectivity index (χ1) is 3.73. The van der Waals surface area contributed by atoms with Gasteiger partial charge in [0.25, 0.3) is 0 Å². The van der Waals surface area contributed by atoms with Gasteiger partial charge in [0.2, 0.25) is 0 Å². The van der Waals surface area contributed by atoms with Crippen LogP contribution in [0.5, 0.6) is 0 Å². The Morgan fingerprint density at radius 3 is 1.40 bits per heavy atom. The molecule has 0 heterocycles. The van der Waals surface area contributed by atoms with Gasteiger partial charge in [0, 0.05) is 0 Å². The molecule has 3 N–H and O–H groups in total. The Morgan fingerprint density at radius 1 is 1.40 bits per heavy atom. The zero-order chi connectivity index (χ0) is 8.08. The monoisotopic (exact) mass is 236 g/mol. The summed E-state index contributed by atoms with van der Waals surface area (Å²) in [6.45, 7) is 0. The molecule has 6 nitrogen and oxygen atoms in total. The standard InChI is InChI=1S/Ca.ClHO2Si.H2O4S.2H/c;1-4(2)3;1-5(2,3)4;;/h;2H;(H2,1,2,3,4);;/q+2;;;2*-1. The van der Waals surface area contributed by atoms with Gasteiger partial charge in [-0.3, -0.25) is 9.11 Å². The fourth-order valence-electron chi connectivity index (χ4n) is 0. The van der Waals surface area contributed by atoms with E-state index in [9.17, 15) is 0 Å². The second kappa shape index (κ2) is 8.33. The summed E-state index contributed by atoms with van der Waals surface area (Å²) < 4.78 is 40.5. The number of hydrogen-bond acceptors (Lipinski definition) is 3. The molecule has 0 unspecified atom stereocenters. The van der Waals surface area contributed by atoms with Crippen molar-refractivity contribution < 1.29 is 29.6 Å². The summed E-state index contributed by atoms with van der Waals surface area (Å²) in [5.41, 5.74) is 0. The summed E-state index contributed by atoms with van der Waals surface area (Å²) in [5.74, 6) is 0. The summed E-state index contributed by atoms with van der Waals surface area (Å²) in [7, 11) is -7.32. The Morgan fingerprint density at radius 2 is 1.40 bits per heavy atom. The van der Waals surface area contributed by atoms with Crippen LogP contribution < -0.4 is 0 Å². The summed E-state index contributed by atoms with van der Waals surface area (Å²) in [4.78, 5) is 7.37. The number of halogens is 1. The van der Waals surface area contributed by atoms with E-state index in [0.717, 1.165) is 0 Å². The molecule has 0 radical (unpaired) electrons. The van der Waals surface area contributed by atoms with Crippen LogP contribution in [0.3, 0.4) is 0 Å². The van der Waals surface area contributed by atoms with Gasteiger partial charge < -0.3 is 12.1 Å². The first-order valence-corrected chi connectivity index (χ1v) is 5.08. The smallest absolute Gasteiger partial charge is 1.00 e. The molecule has 10 heavy (non-hydrogen) atoms. The van der Waals surface area contributed by atoms with Crippen molar-refractivity contribution in [2.24, 2.45) is 0 Å². The van der Waals surface area contributed by atoms with Crippen LogP contribution in [0.1, 0.15) is 2.85 Å². The van der Waals surface area contributed by atoms with Gasteiger partial charge in [-0.05, 0) is 11.1 Å². The summed E-state index contributed by atoms with van der Waals surface area (Å²) >= 11 is 4.38. The summed E-state index contributed by atoms with van der Waals surface area (Å²) in [6, 6.07) is 0. The molecule has 0 aliphatic rings. The van der Waals surface area contributed by atoms with Crippen molar-refractivity contribution in [3.05, 3.63) is 0 Å². The van der Waals surface area contributed by atoms with Crippen LogP contribution in [-0.2, 0) is 14.9 Å². The van der Waals surface area contributed by atoms with E-state index >= 15 is 0 Å². The molecule has 0 aromatic carbocycles. The van der Waals surface area contributed by atoms with Crippen molar-refractivity contribution in [2.45, 2.75) is 0 Å². The second-order valence-corrected chi connectivity index (χ2v) is 3.07. The van der Waals surface area contributed by atoms with Gasteiger partial charge >= 0.3 is 56.4 Å². The molecule has 0 amide bonds. The molecule has 60 valence electrons. The van der Waals surface area contributed by atoms with Gasteiger partial charge in [0.05, 0.1) is 0 Å². The summed E-state index contributed by atoms with van der Waals surface area (Å²) in [5, 5.41) is 0. The minimum Gasteiger partial charge on any atom is -1.00 e. The quantitative estimate of drug-likeness (QED) is 0.277. The van der Waals surface area contributed by atoms with Gasteiger partial charge in [0.15, 0.2) is 0 Å². The predicted molar refractivity (Wildman–Crippen MR) is 36.7 cm³/mol. The minimum absolute atomic E-state index is 0. The van der Waals surface area contributed by atoms with Crippen LogP contribution in [0.15, 0.2) is 0 Å². The molecular weight excluding hydrogens is 232 g/mol. The average Bonchev–Trinajstić information content (AvgIpc) is 1.19. The van der Waals surface area contributed by atoms with E-state index in [1.807, 2.05) is 0 Å². The molecule has 0 aromatic rings. The predicted octanol–water partition coefficient (Wildman–Crippen LogP) is -1.18. The largest absolute Gasteiger partial charge is 2.00 e. The average molecular weight is 237 g/mol. The van der Waals surface area contributed by atoms with E-state index in [-0.39, 0.29) is 40.6 Å². The van der Waals surface area contributed by atoms with E-state index < -0.39 is 18.6 Å². The van der Waals surface area contributed by atoms with Crippen LogP contribution in [0, 0.1) is 0 Å². The van der Waals surface area contributed by atoms with Crippen molar-refractivity contribution >= 4 is 67.5 Å². The number of rotatable bonds is 0. The normalized spacial score (nSPS) is 8.30. The Hall–Kier alpha value is 1.24. The van der Waals surface area contributed by atoms with E-state index in [1.165, 1.54) is 0 Å². The first kappa shape index (κ1) is 17.4. The van der Waals surface area contributed by atoms with Crippen LogP contribution in [0.4, 0.5) is 0 Å². The van der Waals surface area contributed by atoms with E-state index in [4.69, 9.17) is 26.8 Å². The Labute approximate surface area is 96.2 Å². The molecule has 10 heteroatoms. The maximum Gasteiger partial charge on any atom is 2.00 e. The SMILES string of the molecule is O=S(=O)(O)O.O=[Si](O)Cl.[Ca+2].[H-].[H-]. The molecule has 0 aliphatic carbocycles. The molecule has 0 bridgehead atoms. The van der Waals surface area contributed by atoms with Crippen molar-refractivity contribution in [3.8, 4) is 0 Å². The molecule has 0 fully saturated rings. The Bertz CT molecular complexity index is 168. The molecule has 0 aromatic heterocycles. The van der Waals surface area contributed by atoms with E-state index in [2.05, 4.69) is 11.1 Å². The molecule has 0 aliphatic heterocycles. The zero-order valence-electron chi connectivity index (χ0n) is 6.56. The maximum atomic E-state index is 8.95. The third kappa shape index (κ3) is 410. The Kier molecular flexibility index (Phi) is 14.5. The van der Waals surface area contributed by atoms with Gasteiger partial charge in [0.1, 0.15) is 0 Å². The van der Waals surface area contributed by atoms with Gasteiger partial charge in [-0.25, -0.2) is 0 Å². The minimum atomic E-state index is -4.67. The molecule has 0 spiro atoms. The van der Waals surface area contributed by atoms with Crippen LogP contribution in [0.2, 0.25) is 0 Å². The van der Waals surface area contributed by atoms with Crippen molar-refractivity contribution in [3.63, 3.8) is 0 Å². The van der Waals surface area contributed by atoms with Crippen LogP contribution in [-0.4, -0.2) is 68.3 Å². The third-order valence-electron chi connectivity index (χ3n) is 0. The fraction of sp³-hybridized carbons (Fsp3) is 0. The van der Waals surface area contributed by atoms with Crippen molar-refractivity contribution in [1.82, 2.24) is 0 Å². The maximum absolute atomic E-state index is 8.95. The molecule has 0 saturated carbocycles. The Balaban J connectivity index is -0.0000000221. The van der Waals surface area contributed by atoms with Gasteiger partial charge in [-0.1, -0.05) is 0 Å². The van der Waals surface area contributed by atoms with Gasteiger partial charge in [-0.15, -0.1) is 0 Å². The topological polar surface area (TPSA) is 112 Å². The molecule has 0 saturated heterocycles. The van der Waals surface area contributed by atoms with E-state index in [0.29, 0.717) is 0 Å². The van der Waals surface area contributed by atoms with Crippen LogP contribution >= 0.6 is 11.1 Å². The first-order valence-electron chi connectivity index (χ1n) is 1.32. The second-order valence-electron chi connectivity index (χ2n) is 0.701. The van der Waals surface area contributed by atoms with E-state index in [1.54, 1.807) is 0 Å². The molecule has 0 rings (SSSR count). The van der Waals surface area contributed by atoms with Crippen molar-refractivity contribution in [2.75, 3.05) is 0 Å². The zero-order valence-corrected chi connectivity index (χ0v) is 9.34. The van der Waals surface area contributed by atoms with Crippen molar-refractivity contribution in [1.29, 1.82) is 0 Å². The van der Waals surface area contributed by atoms with Crippen LogP contribution in [0.25, 0.3) is 0 Å². The molecular formula is H5CaClO6SSi. The van der Waals surface area contributed by atoms with Gasteiger partial charge in [-0.2, -0.15) is 8.42 Å². The third-order valence-corrected chi connectivity index (χ3v) is 0. The number of hydrogen-bond donors (Lipinski definition) is 3. The molecule has 0 atom stereocenters. The fourth-order valence-corrected chi connectivity index (χ4v) is 0.